The Hall–Kier alpha value is -1.85. The topological polar surface area (TPSA) is 44.8 Å². The smallest absolute Gasteiger partial charge is 0.387 e. The van der Waals surface area contributed by atoms with E-state index in [1.165, 1.54) is 32.4 Å². The average molecular weight is 262 g/mol. The van der Waals surface area contributed by atoms with Crippen molar-refractivity contribution in [2.75, 3.05) is 14.2 Å². The highest BCUT2D eigenvalue weighted by atomic mass is 19.3. The fourth-order valence-corrected chi connectivity index (χ4v) is 1.11. The van der Waals surface area contributed by atoms with Crippen molar-refractivity contribution in [1.82, 2.24) is 0 Å². The summed E-state index contributed by atoms with van der Waals surface area (Å²) in [5, 5.41) is 0. The zero-order valence-corrected chi connectivity index (χ0v) is 10.7. The zero-order chi connectivity index (χ0) is 14.1. The average Bonchev–Trinajstić information content (AvgIpc) is 2.40. The molecule has 0 atom stereocenters. The molecule has 102 valence electrons. The molecule has 18 heavy (non-hydrogen) atoms. The number of methoxy groups -OCH3 is 2. The van der Waals surface area contributed by atoms with Gasteiger partial charge in [0.15, 0.2) is 11.5 Å². The Morgan fingerprint density at radius 2 is 1.78 bits per heavy atom. The van der Waals surface area contributed by atoms with Gasteiger partial charge in [-0.1, -0.05) is 13.8 Å². The molecule has 1 rings (SSSR count). The second-order valence-electron chi connectivity index (χ2n) is 2.74. The van der Waals surface area contributed by atoms with E-state index in [0.29, 0.717) is 0 Å². The van der Waals surface area contributed by atoms with Crippen LogP contribution in [-0.2, 0) is 4.74 Å². The van der Waals surface area contributed by atoms with Crippen molar-refractivity contribution >= 4 is 5.97 Å². The van der Waals surface area contributed by atoms with Crippen LogP contribution < -0.4 is 9.47 Å². The van der Waals surface area contributed by atoms with Crippen LogP contribution in [0.15, 0.2) is 18.2 Å². The number of benzene rings is 1. The molecule has 0 unspecified atom stereocenters. The highest BCUT2D eigenvalue weighted by molar-refractivity contribution is 5.90. The molecular weight excluding hydrogens is 246 g/mol. The molecule has 0 saturated heterocycles. The number of ether oxygens (including phenoxy) is 3. The maximum Gasteiger partial charge on any atom is 0.387 e. The van der Waals surface area contributed by atoms with Gasteiger partial charge in [0.2, 0.25) is 0 Å². The number of rotatable bonds is 4. The van der Waals surface area contributed by atoms with Gasteiger partial charge in [0.25, 0.3) is 0 Å². The molecule has 1 aromatic carbocycles. The van der Waals surface area contributed by atoms with Crippen LogP contribution in [0.1, 0.15) is 24.2 Å². The molecule has 0 aromatic heterocycles. The van der Waals surface area contributed by atoms with E-state index in [2.05, 4.69) is 9.47 Å². The second kappa shape index (κ2) is 8.27. The van der Waals surface area contributed by atoms with Gasteiger partial charge in [0.05, 0.1) is 19.8 Å². The van der Waals surface area contributed by atoms with Crippen LogP contribution in [-0.4, -0.2) is 26.8 Å². The minimum Gasteiger partial charge on any atom is -0.493 e. The maximum absolute atomic E-state index is 12.0. The molecule has 0 heterocycles. The van der Waals surface area contributed by atoms with Crippen LogP contribution in [0.3, 0.4) is 0 Å². The molecule has 0 radical (unpaired) electrons. The van der Waals surface area contributed by atoms with Crippen LogP contribution in [0.4, 0.5) is 8.78 Å². The molecule has 0 saturated carbocycles. The number of esters is 1. The number of halogens is 2. The summed E-state index contributed by atoms with van der Waals surface area (Å²) in [7, 11) is 2.51. The molecule has 0 aliphatic rings. The molecule has 0 aliphatic carbocycles. The van der Waals surface area contributed by atoms with Crippen molar-refractivity contribution in [3.05, 3.63) is 23.8 Å². The molecule has 0 amide bonds. The third-order valence-electron chi connectivity index (χ3n) is 1.80. The van der Waals surface area contributed by atoms with Gasteiger partial charge in [0.1, 0.15) is 0 Å². The van der Waals surface area contributed by atoms with Gasteiger partial charge < -0.3 is 14.2 Å². The molecule has 0 aliphatic heterocycles. The Morgan fingerprint density at radius 3 is 2.22 bits per heavy atom. The summed E-state index contributed by atoms with van der Waals surface area (Å²) in [4.78, 5) is 11.1. The lowest BCUT2D eigenvalue weighted by Gasteiger charge is -2.10. The summed E-state index contributed by atoms with van der Waals surface area (Å²) in [6.45, 7) is 1.05. The Morgan fingerprint density at radius 1 is 1.17 bits per heavy atom. The Balaban J connectivity index is 0.00000137. The third kappa shape index (κ3) is 4.57. The number of carbonyl (C=O) groups is 1. The van der Waals surface area contributed by atoms with Crippen molar-refractivity contribution in [3.63, 3.8) is 0 Å². The van der Waals surface area contributed by atoms with Crippen LogP contribution in [0.5, 0.6) is 11.5 Å². The van der Waals surface area contributed by atoms with Crippen LogP contribution in [0, 0.1) is 0 Å². The predicted octanol–water partition coefficient (Wildman–Crippen LogP) is 3.11. The fourth-order valence-electron chi connectivity index (χ4n) is 1.11. The molecule has 6 heteroatoms. The zero-order valence-electron chi connectivity index (χ0n) is 10.7. The van der Waals surface area contributed by atoms with Crippen LogP contribution in [0.2, 0.25) is 0 Å². The standard InChI is InChI=1S/C10H10F2O4.C2H6/c1-14-8-5-6(9(13)15-2)3-4-7(8)16-10(11)12;1-2/h3-5,10H,1-2H3;1-2H3. The lowest BCUT2D eigenvalue weighted by Crippen LogP contribution is -2.06. The van der Waals surface area contributed by atoms with E-state index in [0.717, 1.165) is 0 Å². The van der Waals surface area contributed by atoms with E-state index >= 15 is 0 Å². The Bertz CT molecular complexity index is 380. The predicted molar refractivity (Wildman–Crippen MR) is 62.3 cm³/mol. The summed E-state index contributed by atoms with van der Waals surface area (Å²) in [5.41, 5.74) is 0.195. The first-order chi connectivity index (χ1) is 8.58. The maximum atomic E-state index is 12.0. The Kier molecular flexibility index (Phi) is 7.42. The van der Waals surface area contributed by atoms with Crippen molar-refractivity contribution in [1.29, 1.82) is 0 Å². The van der Waals surface area contributed by atoms with E-state index in [1.807, 2.05) is 13.8 Å². The molecule has 0 fully saturated rings. The summed E-state index contributed by atoms with van der Waals surface area (Å²) in [6, 6.07) is 3.80. The largest absolute Gasteiger partial charge is 0.493 e. The summed E-state index contributed by atoms with van der Waals surface area (Å²) in [6.07, 6.45) is 0. The number of hydrogen-bond donors (Lipinski definition) is 0. The molecule has 0 bridgehead atoms. The second-order valence-corrected chi connectivity index (χ2v) is 2.74. The fraction of sp³-hybridized carbons (Fsp3) is 0.417. The van der Waals surface area contributed by atoms with Crippen LogP contribution in [0.25, 0.3) is 0 Å². The quantitative estimate of drug-likeness (QED) is 0.782. The van der Waals surface area contributed by atoms with E-state index in [9.17, 15) is 13.6 Å². The first-order valence-corrected chi connectivity index (χ1v) is 5.29. The molecule has 1 aromatic rings. The highest BCUT2D eigenvalue weighted by Crippen LogP contribution is 2.29. The van der Waals surface area contributed by atoms with Gasteiger partial charge >= 0.3 is 12.6 Å². The summed E-state index contributed by atoms with van der Waals surface area (Å²) in [5.74, 6) is -0.671. The minimum atomic E-state index is -2.95. The van der Waals surface area contributed by atoms with Gasteiger partial charge in [-0.05, 0) is 18.2 Å². The highest BCUT2D eigenvalue weighted by Gasteiger charge is 2.14. The normalized spacial score (nSPS) is 9.28. The van der Waals surface area contributed by atoms with Crippen molar-refractivity contribution in [2.24, 2.45) is 0 Å². The molecule has 0 N–H and O–H groups in total. The monoisotopic (exact) mass is 262 g/mol. The van der Waals surface area contributed by atoms with Crippen LogP contribution >= 0.6 is 0 Å². The summed E-state index contributed by atoms with van der Waals surface area (Å²) < 4.78 is 37.5. The van der Waals surface area contributed by atoms with Crippen molar-refractivity contribution < 1.29 is 27.8 Å². The van der Waals surface area contributed by atoms with E-state index < -0.39 is 12.6 Å². The SMILES string of the molecule is CC.COC(=O)c1ccc(OC(F)F)c(OC)c1. The lowest BCUT2D eigenvalue weighted by atomic mass is 10.2. The van der Waals surface area contributed by atoms with Gasteiger partial charge in [-0.25, -0.2) is 4.79 Å². The molecule has 0 spiro atoms. The molecule has 4 nitrogen and oxygen atoms in total. The van der Waals surface area contributed by atoms with Gasteiger partial charge in [-0.2, -0.15) is 8.78 Å². The van der Waals surface area contributed by atoms with E-state index in [-0.39, 0.29) is 17.1 Å². The first kappa shape index (κ1) is 16.1. The van der Waals surface area contributed by atoms with Gasteiger partial charge in [-0.3, -0.25) is 0 Å². The number of carbonyl (C=O) groups excluding carboxylic acids is 1. The van der Waals surface area contributed by atoms with Crippen molar-refractivity contribution in [3.8, 4) is 11.5 Å². The minimum absolute atomic E-state index is 0.0446. The number of hydrogen-bond acceptors (Lipinski definition) is 4. The lowest BCUT2D eigenvalue weighted by molar-refractivity contribution is -0.0512. The summed E-state index contributed by atoms with van der Waals surface area (Å²) >= 11 is 0. The molecular formula is C12H16F2O4. The van der Waals surface area contributed by atoms with Gasteiger partial charge in [0, 0.05) is 0 Å². The van der Waals surface area contributed by atoms with E-state index in [1.54, 1.807) is 0 Å². The van der Waals surface area contributed by atoms with Crippen molar-refractivity contribution in [2.45, 2.75) is 20.5 Å². The van der Waals surface area contributed by atoms with E-state index in [4.69, 9.17) is 4.74 Å². The number of alkyl halides is 2. The third-order valence-corrected chi connectivity index (χ3v) is 1.80. The Labute approximate surface area is 104 Å². The van der Waals surface area contributed by atoms with Gasteiger partial charge in [-0.15, -0.1) is 0 Å². The first-order valence-electron chi connectivity index (χ1n) is 5.29.